The predicted molar refractivity (Wildman–Crippen MR) is 140 cm³/mol. The van der Waals surface area contributed by atoms with E-state index in [2.05, 4.69) is 5.32 Å². The van der Waals surface area contributed by atoms with Gasteiger partial charge in [-0.15, -0.1) is 0 Å². The molecule has 0 atom stereocenters. The van der Waals surface area contributed by atoms with E-state index in [-0.39, 0.29) is 11.3 Å². The lowest BCUT2D eigenvalue weighted by atomic mass is 10.1. The van der Waals surface area contributed by atoms with Gasteiger partial charge in [-0.2, -0.15) is 0 Å². The Labute approximate surface area is 215 Å². The third-order valence-corrected chi connectivity index (χ3v) is 4.88. The smallest absolute Gasteiger partial charge is 0.343 e. The van der Waals surface area contributed by atoms with E-state index in [1.807, 2.05) is 30.3 Å². The molecular weight excluding hydrogens is 478 g/mol. The van der Waals surface area contributed by atoms with Crippen LogP contribution in [0.5, 0.6) is 0 Å². The molecule has 0 heterocycles. The summed E-state index contributed by atoms with van der Waals surface area (Å²) in [5.74, 6) is -2.95. The summed E-state index contributed by atoms with van der Waals surface area (Å²) in [6.07, 6.45) is 2.75. The van der Waals surface area contributed by atoms with E-state index >= 15 is 0 Å². The zero-order chi connectivity index (χ0) is 26.1. The minimum absolute atomic E-state index is 0.219. The molecule has 0 radical (unpaired) electrons. The lowest BCUT2D eigenvalue weighted by molar-refractivity contribution is -0.138. The molecule has 6 nitrogen and oxygen atoms in total. The molecule has 36 heavy (non-hydrogen) atoms. The largest absolute Gasteiger partial charge is 0.418 e. The topological polar surface area (TPSA) is 81.7 Å². The highest BCUT2D eigenvalue weighted by atomic mass is 35.5. The molecule has 1 N–H and O–H groups in total. The van der Waals surface area contributed by atoms with Crippen LogP contribution in [-0.2, 0) is 19.1 Å². The van der Waals surface area contributed by atoms with E-state index in [0.29, 0.717) is 10.6 Å². The monoisotopic (exact) mass is 503 g/mol. The van der Waals surface area contributed by atoms with Gasteiger partial charge < -0.3 is 14.8 Å². The van der Waals surface area contributed by atoms with Crippen molar-refractivity contribution >= 4 is 41.3 Å². The molecule has 0 spiro atoms. The van der Waals surface area contributed by atoms with Gasteiger partial charge in [0.25, 0.3) is 5.91 Å². The highest BCUT2D eigenvalue weighted by molar-refractivity contribution is 6.30. The van der Waals surface area contributed by atoms with Gasteiger partial charge in [-0.3, -0.25) is 4.79 Å². The van der Waals surface area contributed by atoms with Crippen molar-refractivity contribution < 1.29 is 23.9 Å². The Balaban J connectivity index is 2.06. The number of amides is 1. The molecule has 0 saturated heterocycles. The molecule has 0 saturated carbocycles. The number of benzene rings is 3. The summed E-state index contributed by atoms with van der Waals surface area (Å²) in [6.45, 7) is 5.33. The molecule has 0 aliphatic heterocycles. The van der Waals surface area contributed by atoms with E-state index in [0.717, 1.165) is 5.56 Å². The third-order valence-electron chi connectivity index (χ3n) is 4.63. The van der Waals surface area contributed by atoms with Gasteiger partial charge in [-0.25, -0.2) is 9.59 Å². The maximum atomic E-state index is 13.3. The first kappa shape index (κ1) is 26.4. The number of nitrogens with one attached hydrogen (secondary N) is 1. The lowest BCUT2D eigenvalue weighted by Crippen LogP contribution is -2.42. The van der Waals surface area contributed by atoms with Gasteiger partial charge in [0.15, 0.2) is 5.76 Å². The maximum Gasteiger partial charge on any atom is 0.343 e. The summed E-state index contributed by atoms with van der Waals surface area (Å²) in [5.41, 5.74) is 0.688. The molecule has 3 aromatic carbocycles. The molecular formula is C29H26ClNO5. The van der Waals surface area contributed by atoms with Crippen LogP contribution in [0, 0.1) is 0 Å². The van der Waals surface area contributed by atoms with Gasteiger partial charge in [0.1, 0.15) is 0 Å². The standard InChI is InChI=1S/C29H26ClNO5/c1-29(2,3)31-27(33)26(35-24(32)19-14-20-10-6-4-7-11-20)25(21-15-17-23(30)18-16-21)36-28(34)22-12-8-5-9-13-22/h4-19H,1-3H3,(H,31,33). The lowest BCUT2D eigenvalue weighted by Gasteiger charge is -2.22. The Hall–Kier alpha value is -4.16. The predicted octanol–water partition coefficient (Wildman–Crippen LogP) is 6.04. The van der Waals surface area contributed by atoms with Crippen molar-refractivity contribution in [2.45, 2.75) is 26.3 Å². The number of hydrogen-bond acceptors (Lipinski definition) is 5. The Kier molecular flexibility index (Phi) is 8.81. The number of ether oxygens (including phenoxy) is 2. The van der Waals surface area contributed by atoms with Crippen LogP contribution < -0.4 is 5.32 Å². The average molecular weight is 504 g/mol. The summed E-state index contributed by atoms with van der Waals surface area (Å²) < 4.78 is 11.2. The zero-order valence-corrected chi connectivity index (χ0v) is 20.9. The average Bonchev–Trinajstić information content (AvgIpc) is 2.85. The summed E-state index contributed by atoms with van der Waals surface area (Å²) >= 11 is 6.03. The number of rotatable bonds is 7. The van der Waals surface area contributed by atoms with E-state index in [4.69, 9.17) is 21.1 Å². The van der Waals surface area contributed by atoms with Gasteiger partial charge in [0.2, 0.25) is 5.76 Å². The maximum absolute atomic E-state index is 13.3. The van der Waals surface area contributed by atoms with Crippen LogP contribution >= 0.6 is 11.6 Å². The van der Waals surface area contributed by atoms with E-state index in [1.54, 1.807) is 81.4 Å². The van der Waals surface area contributed by atoms with Crippen molar-refractivity contribution in [1.29, 1.82) is 0 Å². The van der Waals surface area contributed by atoms with Crippen molar-refractivity contribution in [2.24, 2.45) is 0 Å². The van der Waals surface area contributed by atoms with Crippen molar-refractivity contribution in [1.82, 2.24) is 5.32 Å². The SMILES string of the molecule is CC(C)(C)NC(=O)C(OC(=O)C=Cc1ccccc1)=C(OC(=O)c1ccccc1)c1ccc(Cl)cc1. The Morgan fingerprint density at radius 1 is 0.778 bits per heavy atom. The Morgan fingerprint density at radius 2 is 1.36 bits per heavy atom. The van der Waals surface area contributed by atoms with Gasteiger partial charge >= 0.3 is 11.9 Å². The second-order valence-electron chi connectivity index (χ2n) is 8.79. The van der Waals surface area contributed by atoms with Crippen LogP contribution in [0.2, 0.25) is 5.02 Å². The summed E-state index contributed by atoms with van der Waals surface area (Å²) in [4.78, 5) is 39.0. The van der Waals surface area contributed by atoms with Crippen molar-refractivity contribution in [3.05, 3.63) is 118 Å². The molecule has 0 unspecified atom stereocenters. The quantitative estimate of drug-likeness (QED) is 0.241. The summed E-state index contributed by atoms with van der Waals surface area (Å²) in [5, 5.41) is 3.20. The molecule has 1 amide bonds. The molecule has 3 rings (SSSR count). The first-order chi connectivity index (χ1) is 17.1. The van der Waals surface area contributed by atoms with E-state index in [1.165, 1.54) is 6.08 Å². The number of carbonyl (C=O) groups excluding carboxylic acids is 3. The fourth-order valence-electron chi connectivity index (χ4n) is 3.02. The number of esters is 2. The third kappa shape index (κ3) is 7.96. The van der Waals surface area contributed by atoms with Crippen LogP contribution in [0.4, 0.5) is 0 Å². The summed E-state index contributed by atoms with van der Waals surface area (Å²) in [7, 11) is 0. The minimum Gasteiger partial charge on any atom is -0.418 e. The first-order valence-electron chi connectivity index (χ1n) is 11.2. The minimum atomic E-state index is -0.819. The number of carbonyl (C=O) groups is 3. The van der Waals surface area contributed by atoms with Crippen molar-refractivity contribution in [3.8, 4) is 0 Å². The molecule has 0 aliphatic carbocycles. The molecule has 0 fully saturated rings. The molecule has 184 valence electrons. The first-order valence-corrected chi connectivity index (χ1v) is 11.5. The van der Waals surface area contributed by atoms with Crippen molar-refractivity contribution in [3.63, 3.8) is 0 Å². The van der Waals surface area contributed by atoms with Gasteiger partial charge in [0.05, 0.1) is 5.56 Å². The zero-order valence-electron chi connectivity index (χ0n) is 20.2. The van der Waals surface area contributed by atoms with E-state index in [9.17, 15) is 14.4 Å². The van der Waals surface area contributed by atoms with Crippen LogP contribution in [0.15, 0.2) is 96.8 Å². The fraction of sp³-hybridized carbons (Fsp3) is 0.138. The number of hydrogen-bond donors (Lipinski definition) is 1. The molecule has 0 bridgehead atoms. The highest BCUT2D eigenvalue weighted by Gasteiger charge is 2.28. The molecule has 7 heteroatoms. The van der Waals surface area contributed by atoms with E-state index < -0.39 is 29.1 Å². The fourth-order valence-corrected chi connectivity index (χ4v) is 3.15. The second-order valence-corrected chi connectivity index (χ2v) is 9.23. The molecule has 0 aromatic heterocycles. The van der Waals surface area contributed by atoms with Gasteiger partial charge in [-0.1, -0.05) is 60.1 Å². The summed E-state index contributed by atoms with van der Waals surface area (Å²) in [6, 6.07) is 23.7. The van der Waals surface area contributed by atoms with Gasteiger partial charge in [0, 0.05) is 22.2 Å². The van der Waals surface area contributed by atoms with Gasteiger partial charge in [-0.05, 0) is 68.8 Å². The molecule has 0 aliphatic rings. The van der Waals surface area contributed by atoms with Crippen LogP contribution in [-0.4, -0.2) is 23.4 Å². The highest BCUT2D eigenvalue weighted by Crippen LogP contribution is 2.26. The Bertz CT molecular complexity index is 1270. The van der Waals surface area contributed by atoms with Crippen LogP contribution in [0.1, 0.15) is 42.3 Å². The van der Waals surface area contributed by atoms with Crippen molar-refractivity contribution in [2.75, 3.05) is 0 Å². The molecule has 3 aromatic rings. The normalized spacial score (nSPS) is 12.0. The van der Waals surface area contributed by atoms with Crippen LogP contribution in [0.3, 0.4) is 0 Å². The second kappa shape index (κ2) is 12.0. The Morgan fingerprint density at radius 3 is 1.94 bits per heavy atom. The number of halogens is 1. The van der Waals surface area contributed by atoms with Crippen LogP contribution in [0.25, 0.3) is 11.8 Å².